The van der Waals surface area contributed by atoms with E-state index >= 15 is 0 Å². The average molecular weight is 460 g/mol. The summed E-state index contributed by atoms with van der Waals surface area (Å²) in [6.07, 6.45) is 4.41. The van der Waals surface area contributed by atoms with Crippen LogP contribution in [0.15, 0.2) is 12.1 Å². The largest absolute Gasteiger partial charge is 0.417 e. The molecule has 4 rings (SSSR count). The topological polar surface area (TPSA) is 68.0 Å². The number of hydrogen-bond donors (Lipinski definition) is 1. The summed E-state index contributed by atoms with van der Waals surface area (Å²) in [5.74, 6) is 0.791. The van der Waals surface area contributed by atoms with E-state index in [9.17, 15) is 4.79 Å². The third-order valence-corrected chi connectivity index (χ3v) is 12.7. The molecule has 2 heterocycles. The van der Waals surface area contributed by atoms with Crippen LogP contribution in [0.2, 0.25) is 18.1 Å². The Labute approximate surface area is 194 Å². The lowest BCUT2D eigenvalue weighted by Gasteiger charge is -2.39. The molecule has 0 radical (unpaired) electrons. The molecule has 2 fully saturated rings. The molecule has 32 heavy (non-hydrogen) atoms. The van der Waals surface area contributed by atoms with Crippen molar-refractivity contribution in [2.24, 2.45) is 5.92 Å². The number of nitrogens with zero attached hydrogens (tertiary/aromatic N) is 2. The van der Waals surface area contributed by atoms with E-state index in [4.69, 9.17) is 14.9 Å². The predicted molar refractivity (Wildman–Crippen MR) is 133 cm³/mol. The fraction of sp³-hybridized carbons (Fsp3) is 0.720. The van der Waals surface area contributed by atoms with E-state index in [2.05, 4.69) is 43.7 Å². The molecule has 1 amide bonds. The van der Waals surface area contributed by atoms with E-state index < -0.39 is 8.32 Å². The Morgan fingerprint density at radius 1 is 1.12 bits per heavy atom. The van der Waals surface area contributed by atoms with Crippen LogP contribution in [0.5, 0.6) is 0 Å². The van der Waals surface area contributed by atoms with Gasteiger partial charge in [-0.15, -0.1) is 0 Å². The number of nitrogen functional groups attached to an aromatic ring is 1. The maximum atomic E-state index is 13.3. The smallest absolute Gasteiger partial charge is 0.254 e. The molecule has 1 saturated heterocycles. The molecule has 1 saturated carbocycles. The van der Waals surface area contributed by atoms with Crippen molar-refractivity contribution in [3.05, 3.63) is 23.3 Å². The third-order valence-electron chi connectivity index (χ3n) is 8.18. The molecule has 2 N–H and O–H groups in total. The SMILES string of the molecule is CC(C)(C)[Si](C)(C)OCC1CCC(N2Cc3cc(N)c(N4CCOCC4)cc3C2=O)CC1. The van der Waals surface area contributed by atoms with Crippen LogP contribution in [0.1, 0.15) is 62.4 Å². The number of ether oxygens (including phenoxy) is 1. The Bertz CT molecular complexity index is 838. The van der Waals surface area contributed by atoms with Crippen molar-refractivity contribution in [3.8, 4) is 0 Å². The van der Waals surface area contributed by atoms with Gasteiger partial charge in [-0.05, 0) is 67.4 Å². The summed E-state index contributed by atoms with van der Waals surface area (Å²) in [7, 11) is -1.70. The van der Waals surface area contributed by atoms with E-state index in [-0.39, 0.29) is 10.9 Å². The van der Waals surface area contributed by atoms with Gasteiger partial charge in [-0.3, -0.25) is 4.79 Å². The first-order valence-corrected chi connectivity index (χ1v) is 15.2. The summed E-state index contributed by atoms with van der Waals surface area (Å²) < 4.78 is 11.9. The number of amides is 1. The second-order valence-electron chi connectivity index (χ2n) is 11.3. The highest BCUT2D eigenvalue weighted by atomic mass is 28.4. The molecule has 7 heteroatoms. The first-order chi connectivity index (χ1) is 15.1. The lowest BCUT2D eigenvalue weighted by Crippen LogP contribution is -2.43. The van der Waals surface area contributed by atoms with Crippen LogP contribution in [0.4, 0.5) is 11.4 Å². The van der Waals surface area contributed by atoms with E-state index in [0.29, 0.717) is 31.7 Å². The fourth-order valence-corrected chi connectivity index (χ4v) is 6.02. The molecule has 0 aromatic heterocycles. The molecule has 1 aromatic rings. The number of carbonyl (C=O) groups excluding carboxylic acids is 1. The molecule has 1 aliphatic carbocycles. The Morgan fingerprint density at radius 3 is 2.41 bits per heavy atom. The van der Waals surface area contributed by atoms with Gasteiger partial charge in [0, 0.05) is 37.8 Å². The summed E-state index contributed by atoms with van der Waals surface area (Å²) in [5.41, 5.74) is 10.1. The zero-order valence-corrected chi connectivity index (χ0v) is 21.6. The van der Waals surface area contributed by atoms with Gasteiger partial charge in [0.25, 0.3) is 5.91 Å². The molecule has 178 valence electrons. The highest BCUT2D eigenvalue weighted by molar-refractivity contribution is 6.74. The van der Waals surface area contributed by atoms with Crippen molar-refractivity contribution < 1.29 is 14.0 Å². The number of rotatable bonds is 5. The van der Waals surface area contributed by atoms with Gasteiger partial charge >= 0.3 is 0 Å². The van der Waals surface area contributed by atoms with Gasteiger partial charge in [-0.1, -0.05) is 20.8 Å². The van der Waals surface area contributed by atoms with Gasteiger partial charge < -0.3 is 24.7 Å². The Hall–Kier alpha value is -1.57. The van der Waals surface area contributed by atoms with Crippen molar-refractivity contribution in [1.29, 1.82) is 0 Å². The standard InChI is InChI=1S/C25H41N3O3Si/c1-25(2,3)32(4,5)31-17-18-6-8-20(9-7-18)28-16-19-14-22(26)23(15-21(19)24(28)29)27-10-12-30-13-11-27/h14-15,18,20H,6-13,16-17,26H2,1-5H3. The molecule has 0 spiro atoms. The van der Waals surface area contributed by atoms with E-state index in [1.54, 1.807) is 0 Å². The van der Waals surface area contributed by atoms with Crippen molar-refractivity contribution in [1.82, 2.24) is 4.90 Å². The summed E-state index contributed by atoms with van der Waals surface area (Å²) >= 11 is 0. The van der Waals surface area contributed by atoms with Crippen LogP contribution < -0.4 is 10.6 Å². The molecule has 2 aliphatic heterocycles. The molecule has 0 atom stereocenters. The van der Waals surface area contributed by atoms with Gasteiger partial charge in [0.05, 0.1) is 24.6 Å². The highest BCUT2D eigenvalue weighted by Crippen LogP contribution is 2.39. The van der Waals surface area contributed by atoms with Crippen molar-refractivity contribution >= 4 is 25.6 Å². The number of nitrogens with two attached hydrogens (primary N) is 1. The predicted octanol–water partition coefficient (Wildman–Crippen LogP) is 4.64. The van der Waals surface area contributed by atoms with Crippen LogP contribution in [-0.2, 0) is 15.7 Å². The van der Waals surface area contributed by atoms with Gasteiger partial charge in [0.2, 0.25) is 0 Å². The van der Waals surface area contributed by atoms with Crippen molar-refractivity contribution in [3.63, 3.8) is 0 Å². The molecule has 0 unspecified atom stereocenters. The maximum absolute atomic E-state index is 13.3. The average Bonchev–Trinajstić information content (AvgIpc) is 3.07. The minimum atomic E-state index is -1.70. The summed E-state index contributed by atoms with van der Waals surface area (Å²) in [6, 6.07) is 4.38. The lowest BCUT2D eigenvalue weighted by molar-refractivity contribution is 0.0612. The van der Waals surface area contributed by atoms with Gasteiger partial charge in [0.1, 0.15) is 0 Å². The summed E-state index contributed by atoms with van der Waals surface area (Å²) in [4.78, 5) is 17.6. The molecular weight excluding hydrogens is 418 g/mol. The Balaban J connectivity index is 1.36. The molecule has 0 bridgehead atoms. The van der Waals surface area contributed by atoms with Gasteiger partial charge in [0.15, 0.2) is 8.32 Å². The first-order valence-electron chi connectivity index (χ1n) is 12.3. The van der Waals surface area contributed by atoms with Crippen LogP contribution in [0.25, 0.3) is 0 Å². The van der Waals surface area contributed by atoms with Crippen LogP contribution in [0.3, 0.4) is 0 Å². The highest BCUT2D eigenvalue weighted by Gasteiger charge is 2.39. The van der Waals surface area contributed by atoms with E-state index in [1.165, 1.54) is 0 Å². The zero-order valence-electron chi connectivity index (χ0n) is 20.6. The second kappa shape index (κ2) is 8.99. The number of hydrogen-bond acceptors (Lipinski definition) is 5. The van der Waals surface area contributed by atoms with E-state index in [1.807, 2.05) is 12.1 Å². The minimum Gasteiger partial charge on any atom is -0.417 e. The van der Waals surface area contributed by atoms with Gasteiger partial charge in [-0.2, -0.15) is 0 Å². The first kappa shape index (κ1) is 23.6. The molecule has 1 aromatic carbocycles. The number of morpholine rings is 1. The fourth-order valence-electron chi connectivity index (χ4n) is 4.93. The molecule has 3 aliphatic rings. The number of anilines is 2. The van der Waals surface area contributed by atoms with Gasteiger partial charge in [-0.25, -0.2) is 0 Å². The number of benzene rings is 1. The number of carbonyl (C=O) groups is 1. The minimum absolute atomic E-state index is 0.176. The quantitative estimate of drug-likeness (QED) is 0.513. The van der Waals surface area contributed by atoms with E-state index in [0.717, 1.165) is 67.9 Å². The third kappa shape index (κ3) is 4.70. The van der Waals surface area contributed by atoms with Crippen molar-refractivity contribution in [2.75, 3.05) is 43.5 Å². The van der Waals surface area contributed by atoms with Crippen LogP contribution in [0, 0.1) is 5.92 Å². The Kier molecular flexibility index (Phi) is 6.63. The molecular formula is C25H41N3O3Si. The second-order valence-corrected chi connectivity index (χ2v) is 16.2. The number of fused-ring (bicyclic) bond motifs is 1. The normalized spacial score (nSPS) is 24.7. The maximum Gasteiger partial charge on any atom is 0.254 e. The van der Waals surface area contributed by atoms with Crippen LogP contribution >= 0.6 is 0 Å². The zero-order chi connectivity index (χ0) is 23.1. The monoisotopic (exact) mass is 459 g/mol. The Morgan fingerprint density at radius 2 is 1.78 bits per heavy atom. The summed E-state index contributed by atoms with van der Waals surface area (Å²) in [5, 5.41) is 0.250. The lowest BCUT2D eigenvalue weighted by atomic mass is 9.86. The van der Waals surface area contributed by atoms with Crippen molar-refractivity contribution in [2.45, 2.75) is 77.2 Å². The summed E-state index contributed by atoms with van der Waals surface area (Å²) in [6.45, 7) is 16.2. The van der Waals surface area contributed by atoms with Crippen LogP contribution in [-0.4, -0.2) is 58.1 Å². The molecule has 6 nitrogen and oxygen atoms in total.